The van der Waals surface area contributed by atoms with Crippen LogP contribution in [0.1, 0.15) is 37.3 Å². The average molecular weight is 371 g/mol. The second-order valence-corrected chi connectivity index (χ2v) is 5.99. The van der Waals surface area contributed by atoms with Crippen molar-refractivity contribution in [1.82, 2.24) is 5.32 Å². The lowest BCUT2D eigenvalue weighted by molar-refractivity contribution is 0.410. The molecule has 0 saturated carbocycles. The molecule has 2 rings (SSSR count). The van der Waals surface area contributed by atoms with Gasteiger partial charge in [-0.3, -0.25) is 0 Å². The van der Waals surface area contributed by atoms with E-state index < -0.39 is 0 Å². The highest BCUT2D eigenvalue weighted by molar-refractivity contribution is 14.1. The number of aryl methyl sites for hydroxylation is 1. The van der Waals surface area contributed by atoms with Gasteiger partial charge < -0.3 is 10.4 Å². The zero-order valence-corrected chi connectivity index (χ0v) is 13.6. The SMILES string of the molecule is CCCC(C=CI)NC1CCc2ccc(O)cc2C1. The van der Waals surface area contributed by atoms with Crippen molar-refractivity contribution in [1.29, 1.82) is 0 Å². The van der Waals surface area contributed by atoms with E-state index in [-0.39, 0.29) is 0 Å². The summed E-state index contributed by atoms with van der Waals surface area (Å²) in [5.41, 5.74) is 2.70. The van der Waals surface area contributed by atoms with Gasteiger partial charge in [-0.1, -0.05) is 48.1 Å². The van der Waals surface area contributed by atoms with Crippen molar-refractivity contribution < 1.29 is 5.11 Å². The molecule has 1 aliphatic carbocycles. The van der Waals surface area contributed by atoms with Gasteiger partial charge in [0.1, 0.15) is 5.75 Å². The minimum Gasteiger partial charge on any atom is -0.508 e. The van der Waals surface area contributed by atoms with Crippen LogP contribution >= 0.6 is 22.6 Å². The van der Waals surface area contributed by atoms with E-state index in [0.717, 1.165) is 12.8 Å². The highest BCUT2D eigenvalue weighted by Gasteiger charge is 2.20. The molecule has 2 unspecified atom stereocenters. The molecule has 0 amide bonds. The van der Waals surface area contributed by atoms with Crippen molar-refractivity contribution in [3.63, 3.8) is 0 Å². The van der Waals surface area contributed by atoms with Gasteiger partial charge in [0.25, 0.3) is 0 Å². The first kappa shape index (κ1) is 14.9. The van der Waals surface area contributed by atoms with Crippen molar-refractivity contribution in [2.45, 2.75) is 51.1 Å². The summed E-state index contributed by atoms with van der Waals surface area (Å²) in [5, 5.41) is 13.3. The molecule has 1 aromatic rings. The second kappa shape index (κ2) is 7.29. The highest BCUT2D eigenvalue weighted by Crippen LogP contribution is 2.25. The van der Waals surface area contributed by atoms with Crippen molar-refractivity contribution >= 4 is 22.6 Å². The van der Waals surface area contributed by atoms with Crippen LogP contribution in [0.25, 0.3) is 0 Å². The maximum atomic E-state index is 9.59. The number of rotatable bonds is 5. The maximum absolute atomic E-state index is 9.59. The molecule has 0 fully saturated rings. The summed E-state index contributed by atoms with van der Waals surface area (Å²) < 4.78 is 2.10. The summed E-state index contributed by atoms with van der Waals surface area (Å²) in [5.74, 6) is 0.386. The molecule has 0 saturated heterocycles. The average Bonchev–Trinajstić information content (AvgIpc) is 2.39. The van der Waals surface area contributed by atoms with Gasteiger partial charge in [0.05, 0.1) is 0 Å². The first-order chi connectivity index (χ1) is 9.22. The standard InChI is InChI=1S/C16H22INO/c1-2-3-14(8-9-17)18-15-6-4-12-5-7-16(19)11-13(12)10-15/h5,7-9,11,14-15,18-19H,2-4,6,10H2,1H3. The number of phenolic OH excluding ortho intramolecular Hbond substituents is 1. The van der Waals surface area contributed by atoms with Crippen LogP contribution in [0.15, 0.2) is 28.4 Å². The molecule has 104 valence electrons. The fourth-order valence-electron chi connectivity index (χ4n) is 2.82. The van der Waals surface area contributed by atoms with Gasteiger partial charge in [-0.05, 0) is 53.0 Å². The predicted molar refractivity (Wildman–Crippen MR) is 88.9 cm³/mol. The number of nitrogens with one attached hydrogen (secondary N) is 1. The predicted octanol–water partition coefficient (Wildman–Crippen LogP) is 3.96. The van der Waals surface area contributed by atoms with E-state index in [1.165, 1.54) is 30.4 Å². The lowest BCUT2D eigenvalue weighted by atomic mass is 9.87. The van der Waals surface area contributed by atoms with Crippen molar-refractivity contribution in [3.8, 4) is 5.75 Å². The van der Waals surface area contributed by atoms with Gasteiger partial charge in [0, 0.05) is 12.1 Å². The Balaban J connectivity index is 2.00. The fraction of sp³-hybridized carbons (Fsp3) is 0.500. The van der Waals surface area contributed by atoms with E-state index in [2.05, 4.69) is 51.1 Å². The zero-order chi connectivity index (χ0) is 13.7. The summed E-state index contributed by atoms with van der Waals surface area (Å²) in [6.45, 7) is 2.23. The van der Waals surface area contributed by atoms with E-state index in [1.807, 2.05) is 6.07 Å². The van der Waals surface area contributed by atoms with Gasteiger partial charge in [0.15, 0.2) is 0 Å². The van der Waals surface area contributed by atoms with Crippen LogP contribution in [0.4, 0.5) is 0 Å². The topological polar surface area (TPSA) is 32.3 Å². The quantitative estimate of drug-likeness (QED) is 0.768. The molecule has 2 N–H and O–H groups in total. The normalized spacial score (nSPS) is 20.4. The summed E-state index contributed by atoms with van der Waals surface area (Å²) in [4.78, 5) is 0. The molecule has 2 nitrogen and oxygen atoms in total. The minimum atomic E-state index is 0.386. The monoisotopic (exact) mass is 371 g/mol. The van der Waals surface area contributed by atoms with Crippen molar-refractivity contribution in [3.05, 3.63) is 39.5 Å². The van der Waals surface area contributed by atoms with Crippen LogP contribution in [0.5, 0.6) is 5.75 Å². The number of phenols is 1. The Labute approximate surface area is 129 Å². The number of hydrogen-bond acceptors (Lipinski definition) is 2. The second-order valence-electron chi connectivity index (χ2n) is 5.27. The van der Waals surface area contributed by atoms with Crippen LogP contribution < -0.4 is 5.32 Å². The smallest absolute Gasteiger partial charge is 0.115 e. The third kappa shape index (κ3) is 4.21. The van der Waals surface area contributed by atoms with Crippen molar-refractivity contribution in [2.24, 2.45) is 0 Å². The number of aromatic hydroxyl groups is 1. The molecular formula is C16H22INO. The molecule has 3 heteroatoms. The molecule has 0 heterocycles. The largest absolute Gasteiger partial charge is 0.508 e. The van der Waals surface area contributed by atoms with E-state index in [9.17, 15) is 5.11 Å². The fourth-order valence-corrected chi connectivity index (χ4v) is 3.32. The van der Waals surface area contributed by atoms with E-state index >= 15 is 0 Å². The Morgan fingerprint density at radius 3 is 3.05 bits per heavy atom. The van der Waals surface area contributed by atoms with E-state index in [4.69, 9.17) is 0 Å². The zero-order valence-electron chi connectivity index (χ0n) is 11.4. The lowest BCUT2D eigenvalue weighted by Gasteiger charge is -2.28. The van der Waals surface area contributed by atoms with Gasteiger partial charge >= 0.3 is 0 Å². The minimum absolute atomic E-state index is 0.386. The van der Waals surface area contributed by atoms with Gasteiger partial charge in [0.2, 0.25) is 0 Å². The van der Waals surface area contributed by atoms with Crippen LogP contribution in [-0.2, 0) is 12.8 Å². The maximum Gasteiger partial charge on any atom is 0.115 e. The molecule has 0 aliphatic heterocycles. The Morgan fingerprint density at radius 2 is 2.32 bits per heavy atom. The summed E-state index contributed by atoms with van der Waals surface area (Å²) in [7, 11) is 0. The number of halogens is 1. The molecule has 19 heavy (non-hydrogen) atoms. The Bertz CT molecular complexity index is 444. The number of hydrogen-bond donors (Lipinski definition) is 2. The Morgan fingerprint density at radius 1 is 1.47 bits per heavy atom. The Kier molecular flexibility index (Phi) is 5.70. The van der Waals surface area contributed by atoms with Gasteiger partial charge in [-0.25, -0.2) is 0 Å². The molecule has 0 spiro atoms. The molecule has 0 aromatic heterocycles. The first-order valence-electron chi connectivity index (χ1n) is 7.06. The third-order valence-electron chi connectivity index (χ3n) is 3.77. The molecule has 1 aliphatic rings. The van der Waals surface area contributed by atoms with Gasteiger partial charge in [-0.15, -0.1) is 0 Å². The van der Waals surface area contributed by atoms with Crippen molar-refractivity contribution in [2.75, 3.05) is 0 Å². The van der Waals surface area contributed by atoms with Crippen LogP contribution in [0, 0.1) is 0 Å². The highest BCUT2D eigenvalue weighted by atomic mass is 127. The molecule has 1 aromatic carbocycles. The number of fused-ring (bicyclic) bond motifs is 1. The molecule has 0 bridgehead atoms. The lowest BCUT2D eigenvalue weighted by Crippen LogP contribution is -2.40. The summed E-state index contributed by atoms with van der Waals surface area (Å²) in [6, 6.07) is 6.79. The molecule has 2 atom stereocenters. The van der Waals surface area contributed by atoms with E-state index in [0.29, 0.717) is 17.8 Å². The third-order valence-corrected chi connectivity index (χ3v) is 4.19. The van der Waals surface area contributed by atoms with Crippen LogP contribution in [0.3, 0.4) is 0 Å². The molecular weight excluding hydrogens is 349 g/mol. The summed E-state index contributed by atoms with van der Waals surface area (Å²) >= 11 is 2.29. The van der Waals surface area contributed by atoms with Crippen LogP contribution in [-0.4, -0.2) is 17.2 Å². The van der Waals surface area contributed by atoms with Crippen LogP contribution in [0.2, 0.25) is 0 Å². The summed E-state index contributed by atoms with van der Waals surface area (Å²) in [6.07, 6.45) is 7.96. The Hall–Kier alpha value is -0.550. The molecule has 0 radical (unpaired) electrons. The first-order valence-corrected chi connectivity index (χ1v) is 8.31. The van der Waals surface area contributed by atoms with Gasteiger partial charge in [-0.2, -0.15) is 0 Å². The van der Waals surface area contributed by atoms with E-state index in [1.54, 1.807) is 6.07 Å². The number of benzene rings is 1.